The number of rotatable bonds is 7. The van der Waals surface area contributed by atoms with Gasteiger partial charge in [-0.15, -0.1) is 0 Å². The summed E-state index contributed by atoms with van der Waals surface area (Å²) in [6.07, 6.45) is 0.658. The first kappa shape index (κ1) is 24.0. The summed E-state index contributed by atoms with van der Waals surface area (Å²) in [5.41, 5.74) is 0.0224. The van der Waals surface area contributed by atoms with Gasteiger partial charge in [0.05, 0.1) is 34.2 Å². The monoisotopic (exact) mass is 506 g/mol. The third kappa shape index (κ3) is 5.19. The van der Waals surface area contributed by atoms with Gasteiger partial charge in [-0.05, 0) is 18.2 Å². The highest BCUT2D eigenvalue weighted by Crippen LogP contribution is 2.36. The summed E-state index contributed by atoms with van der Waals surface area (Å²) in [6.45, 7) is 1.89. The number of anilines is 2. The fourth-order valence-corrected chi connectivity index (χ4v) is 3.59. The highest BCUT2D eigenvalue weighted by atomic mass is 35.5. The van der Waals surface area contributed by atoms with E-state index in [2.05, 4.69) is 31.0 Å². The molecule has 0 aliphatic carbocycles. The van der Waals surface area contributed by atoms with Gasteiger partial charge < -0.3 is 16.0 Å². The number of fused-ring (bicyclic) bond motifs is 1. The van der Waals surface area contributed by atoms with Gasteiger partial charge in [0.15, 0.2) is 11.5 Å². The van der Waals surface area contributed by atoms with Crippen molar-refractivity contribution in [3.05, 3.63) is 59.3 Å². The van der Waals surface area contributed by atoms with Gasteiger partial charge >= 0.3 is 6.18 Å². The lowest BCUT2D eigenvalue weighted by Crippen LogP contribution is -2.33. The number of hydrogen-bond acceptors (Lipinski definition) is 6. The summed E-state index contributed by atoms with van der Waals surface area (Å²) in [6, 6.07) is 4.62. The molecule has 4 aromatic rings. The molecule has 0 fully saturated rings. The van der Waals surface area contributed by atoms with E-state index in [4.69, 9.17) is 11.6 Å². The van der Waals surface area contributed by atoms with Gasteiger partial charge in [0.25, 0.3) is 5.91 Å². The third-order valence-corrected chi connectivity index (χ3v) is 5.20. The molecule has 4 N–H and O–H groups in total. The van der Waals surface area contributed by atoms with Crippen LogP contribution in [0.2, 0.25) is 5.02 Å². The lowest BCUT2D eigenvalue weighted by Gasteiger charge is -2.11. The largest absolute Gasteiger partial charge is 0.433 e. The summed E-state index contributed by atoms with van der Waals surface area (Å²) in [7, 11) is 0. The van der Waals surface area contributed by atoms with E-state index in [1.807, 2.05) is 5.10 Å². The molecular formula is C21H18ClF3N8O2. The Balaban J connectivity index is 1.55. The van der Waals surface area contributed by atoms with E-state index in [0.29, 0.717) is 5.69 Å². The number of carbonyl (C=O) groups is 2. The van der Waals surface area contributed by atoms with Crippen molar-refractivity contribution >= 4 is 40.6 Å². The molecule has 0 spiro atoms. The van der Waals surface area contributed by atoms with Crippen molar-refractivity contribution in [1.82, 2.24) is 35.2 Å². The minimum Gasteiger partial charge on any atom is -0.355 e. The zero-order chi connectivity index (χ0) is 25.2. The Morgan fingerprint density at radius 1 is 1.14 bits per heavy atom. The molecule has 14 heteroatoms. The highest BCUT2D eigenvalue weighted by molar-refractivity contribution is 6.34. The van der Waals surface area contributed by atoms with Crippen molar-refractivity contribution in [3.8, 4) is 11.3 Å². The lowest BCUT2D eigenvalue weighted by atomic mass is 10.2. The molecule has 0 atom stereocenters. The first-order chi connectivity index (χ1) is 16.6. The number of hydrogen-bond donors (Lipinski definition) is 4. The Morgan fingerprint density at radius 2 is 1.91 bits per heavy atom. The second-order valence-corrected chi connectivity index (χ2v) is 7.74. The first-order valence-corrected chi connectivity index (χ1v) is 10.5. The average Bonchev–Trinajstić information content (AvgIpc) is 3.44. The Kier molecular flexibility index (Phi) is 6.60. The van der Waals surface area contributed by atoms with Crippen LogP contribution in [0.1, 0.15) is 23.0 Å². The van der Waals surface area contributed by atoms with Crippen molar-refractivity contribution < 1.29 is 22.8 Å². The zero-order valence-electron chi connectivity index (χ0n) is 18.1. The Labute approximate surface area is 200 Å². The maximum atomic E-state index is 13.3. The van der Waals surface area contributed by atoms with E-state index in [1.54, 1.807) is 6.07 Å². The molecule has 0 bridgehead atoms. The van der Waals surface area contributed by atoms with Gasteiger partial charge in [-0.1, -0.05) is 11.6 Å². The molecule has 0 radical (unpaired) electrons. The van der Waals surface area contributed by atoms with Crippen LogP contribution >= 0.6 is 11.6 Å². The zero-order valence-corrected chi connectivity index (χ0v) is 18.8. The van der Waals surface area contributed by atoms with Crippen LogP contribution in [0.15, 0.2) is 43.0 Å². The van der Waals surface area contributed by atoms with E-state index in [1.165, 1.54) is 42.0 Å². The topological polar surface area (TPSA) is 129 Å². The molecule has 0 saturated carbocycles. The van der Waals surface area contributed by atoms with E-state index in [0.717, 1.165) is 6.20 Å². The number of H-pyrrole nitrogens is 1. The molecule has 10 nitrogen and oxygen atoms in total. The third-order valence-electron chi connectivity index (χ3n) is 4.89. The molecule has 3 heterocycles. The van der Waals surface area contributed by atoms with Crippen LogP contribution in [-0.2, 0) is 11.0 Å². The van der Waals surface area contributed by atoms with Crippen LogP contribution in [0.25, 0.3) is 16.9 Å². The SMILES string of the molecule is CC(=O)NCCNC(=O)c1ccc(Nc2nccn3c(-c4cn[nH]c4C(F)(F)F)cnc23)cc1Cl. The standard InChI is InChI=1S/C21H18ClF3N8O2/c1-11(34)26-4-5-28-20(35)13-3-2-12(8-15(13)22)31-18-19-29-10-16(33(19)7-6-27-18)14-9-30-32-17(14)21(23,24)25/h2-3,6-10H,4-5H2,1H3,(H,26,34)(H,27,31)(H,28,35)(H,30,32). The van der Waals surface area contributed by atoms with Crippen LogP contribution in [0.5, 0.6) is 0 Å². The van der Waals surface area contributed by atoms with E-state index in [9.17, 15) is 22.8 Å². The van der Waals surface area contributed by atoms with Crippen LogP contribution in [-0.4, -0.2) is 49.5 Å². The van der Waals surface area contributed by atoms with Gasteiger partial charge in [0.1, 0.15) is 5.69 Å². The van der Waals surface area contributed by atoms with Crippen molar-refractivity contribution in [2.75, 3.05) is 18.4 Å². The van der Waals surface area contributed by atoms with Crippen molar-refractivity contribution in [3.63, 3.8) is 0 Å². The molecule has 0 unspecified atom stereocenters. The molecule has 182 valence electrons. The number of amides is 2. The van der Waals surface area contributed by atoms with Crippen LogP contribution in [0.4, 0.5) is 24.7 Å². The van der Waals surface area contributed by atoms with Gasteiger partial charge in [-0.25, -0.2) is 9.97 Å². The van der Waals surface area contributed by atoms with E-state index < -0.39 is 17.8 Å². The maximum Gasteiger partial charge on any atom is 0.433 e. The van der Waals surface area contributed by atoms with Crippen LogP contribution in [0.3, 0.4) is 0 Å². The fourth-order valence-electron chi connectivity index (χ4n) is 3.33. The number of carbonyl (C=O) groups excluding carboxylic acids is 2. The van der Waals surface area contributed by atoms with Gasteiger partial charge in [0.2, 0.25) is 5.91 Å². The Morgan fingerprint density at radius 3 is 2.63 bits per heavy atom. The van der Waals surface area contributed by atoms with Gasteiger partial charge in [-0.3, -0.25) is 19.1 Å². The molecule has 2 amide bonds. The number of nitrogens with one attached hydrogen (secondary N) is 4. The number of alkyl halides is 3. The molecule has 35 heavy (non-hydrogen) atoms. The summed E-state index contributed by atoms with van der Waals surface area (Å²) in [5, 5.41) is 13.9. The van der Waals surface area contributed by atoms with Crippen molar-refractivity contribution in [1.29, 1.82) is 0 Å². The first-order valence-electron chi connectivity index (χ1n) is 10.2. The van der Waals surface area contributed by atoms with E-state index in [-0.39, 0.29) is 52.3 Å². The summed E-state index contributed by atoms with van der Waals surface area (Å²) >= 11 is 6.28. The summed E-state index contributed by atoms with van der Waals surface area (Å²) in [5.74, 6) is -0.350. The number of benzene rings is 1. The van der Waals surface area contributed by atoms with Crippen LogP contribution < -0.4 is 16.0 Å². The summed E-state index contributed by atoms with van der Waals surface area (Å²) in [4.78, 5) is 31.7. The number of halogens is 4. The van der Waals surface area contributed by atoms with Crippen molar-refractivity contribution in [2.45, 2.75) is 13.1 Å². The predicted molar refractivity (Wildman–Crippen MR) is 121 cm³/mol. The van der Waals surface area contributed by atoms with Crippen molar-refractivity contribution in [2.24, 2.45) is 0 Å². The van der Waals surface area contributed by atoms with Gasteiger partial charge in [-0.2, -0.15) is 18.3 Å². The maximum absolute atomic E-state index is 13.3. The minimum absolute atomic E-state index is 0.154. The van der Waals surface area contributed by atoms with E-state index >= 15 is 0 Å². The van der Waals surface area contributed by atoms with Crippen LogP contribution in [0, 0.1) is 0 Å². The number of aromatic amines is 1. The number of imidazole rings is 1. The molecular weight excluding hydrogens is 489 g/mol. The molecule has 0 saturated heterocycles. The fraction of sp³-hybridized carbons (Fsp3) is 0.190. The molecule has 3 aromatic heterocycles. The minimum atomic E-state index is -4.61. The Bertz CT molecular complexity index is 1400. The van der Waals surface area contributed by atoms with Gasteiger partial charge in [0, 0.05) is 38.1 Å². The second kappa shape index (κ2) is 9.62. The summed E-state index contributed by atoms with van der Waals surface area (Å²) < 4.78 is 41.4. The number of aromatic nitrogens is 5. The quantitative estimate of drug-likeness (QED) is 0.284. The molecule has 4 rings (SSSR count). The predicted octanol–water partition coefficient (Wildman–Crippen LogP) is 3.40. The molecule has 0 aliphatic heterocycles. The lowest BCUT2D eigenvalue weighted by molar-refractivity contribution is -0.140. The smallest absolute Gasteiger partial charge is 0.355 e. The molecule has 1 aromatic carbocycles. The normalized spacial score (nSPS) is 11.5. The average molecular weight is 507 g/mol. The second-order valence-electron chi connectivity index (χ2n) is 7.33. The number of nitrogens with zero attached hydrogens (tertiary/aromatic N) is 4. The highest BCUT2D eigenvalue weighted by Gasteiger charge is 2.36. The molecule has 0 aliphatic rings. The Hall–Kier alpha value is -4.13.